The Bertz CT molecular complexity index is 934. The molecule has 28 heavy (non-hydrogen) atoms. The lowest BCUT2D eigenvalue weighted by Gasteiger charge is -2.33. The van der Waals surface area contributed by atoms with Crippen LogP contribution in [0.1, 0.15) is 18.3 Å². The molecular weight excluding hydrogens is 375 g/mol. The van der Waals surface area contributed by atoms with E-state index in [1.54, 1.807) is 19.1 Å². The van der Waals surface area contributed by atoms with E-state index in [1.165, 1.54) is 34.8 Å². The van der Waals surface area contributed by atoms with Gasteiger partial charge in [-0.1, -0.05) is 36.4 Å². The standard InChI is InChI=1S/C15H17FN4OS.C6H4/c1-10(21)13-9-17-6-7-20(13)15-18-14(19-22-15)8-11-2-4-12(16)5-3-11;1-2-6-4-3-5(1)6/h2-5,13,17H,6-9H2,1H3;1-4H. The van der Waals surface area contributed by atoms with E-state index in [-0.39, 0.29) is 17.6 Å². The second-order valence-electron chi connectivity index (χ2n) is 6.90. The van der Waals surface area contributed by atoms with Crippen molar-refractivity contribution in [3.05, 3.63) is 65.7 Å². The minimum Gasteiger partial charge on any atom is -0.334 e. The minimum atomic E-state index is -0.249. The Hall–Kier alpha value is -2.64. The lowest BCUT2D eigenvalue weighted by molar-refractivity contribution is -0.118. The van der Waals surface area contributed by atoms with E-state index in [0.29, 0.717) is 18.8 Å². The highest BCUT2D eigenvalue weighted by Crippen LogP contribution is 2.29. The molecule has 5 rings (SSSR count). The van der Waals surface area contributed by atoms with Crippen molar-refractivity contribution in [2.24, 2.45) is 0 Å². The molecule has 1 aliphatic heterocycles. The number of nitrogens with one attached hydrogen (secondary N) is 1. The van der Waals surface area contributed by atoms with E-state index in [9.17, 15) is 9.18 Å². The third kappa shape index (κ3) is 4.10. The zero-order valence-electron chi connectivity index (χ0n) is 15.6. The molecule has 0 spiro atoms. The molecular formula is C21H21FN4OS. The summed E-state index contributed by atoms with van der Waals surface area (Å²) < 4.78 is 17.3. The molecule has 0 saturated carbocycles. The fourth-order valence-electron chi connectivity index (χ4n) is 3.18. The average Bonchev–Trinajstić information content (AvgIpc) is 3.15. The van der Waals surface area contributed by atoms with Gasteiger partial charge in [-0.25, -0.2) is 9.37 Å². The maximum Gasteiger partial charge on any atom is 0.205 e. The zero-order valence-corrected chi connectivity index (χ0v) is 16.4. The highest BCUT2D eigenvalue weighted by Gasteiger charge is 2.28. The van der Waals surface area contributed by atoms with Gasteiger partial charge in [0.1, 0.15) is 17.7 Å². The third-order valence-electron chi connectivity index (χ3n) is 4.91. The van der Waals surface area contributed by atoms with E-state index < -0.39 is 0 Å². The summed E-state index contributed by atoms with van der Waals surface area (Å²) in [4.78, 5) is 18.3. The number of carbonyl (C=O) groups excluding carboxylic acids is 1. The maximum atomic E-state index is 12.9. The number of nitrogens with zero attached hydrogens (tertiary/aromatic N) is 3. The Kier molecular flexibility index (Phi) is 5.45. The first-order valence-electron chi connectivity index (χ1n) is 9.25. The van der Waals surface area contributed by atoms with Crippen LogP contribution in [0.25, 0.3) is 11.1 Å². The van der Waals surface area contributed by atoms with E-state index in [1.807, 2.05) is 4.90 Å². The molecule has 2 heterocycles. The van der Waals surface area contributed by atoms with Gasteiger partial charge in [0.05, 0.1) is 0 Å². The van der Waals surface area contributed by atoms with Gasteiger partial charge in [0.2, 0.25) is 5.13 Å². The Labute approximate surface area is 167 Å². The molecule has 5 nitrogen and oxygen atoms in total. The van der Waals surface area contributed by atoms with Gasteiger partial charge in [0, 0.05) is 37.6 Å². The Morgan fingerprint density at radius 1 is 1.18 bits per heavy atom. The number of ketones is 1. The van der Waals surface area contributed by atoms with Crippen LogP contribution >= 0.6 is 11.5 Å². The van der Waals surface area contributed by atoms with Crippen LogP contribution < -0.4 is 10.2 Å². The molecule has 1 N–H and O–H groups in total. The molecule has 144 valence electrons. The number of benzene rings is 2. The topological polar surface area (TPSA) is 58.1 Å². The van der Waals surface area contributed by atoms with Gasteiger partial charge >= 0.3 is 0 Å². The normalized spacial score (nSPS) is 16.9. The summed E-state index contributed by atoms with van der Waals surface area (Å²) in [6.07, 6.45) is 0.563. The van der Waals surface area contributed by atoms with Crippen LogP contribution in [0.2, 0.25) is 0 Å². The SMILES string of the molecule is CC(=O)C1CNCCN1c1nc(Cc2ccc(F)cc2)ns1.c1cc2ccc1-2. The molecule has 7 heteroatoms. The molecule has 1 aromatic carbocycles. The van der Waals surface area contributed by atoms with Crippen LogP contribution in [0.15, 0.2) is 48.5 Å². The molecule has 0 bridgehead atoms. The molecule has 2 aliphatic carbocycles. The number of anilines is 1. The number of fused-ring (bicyclic) bond motifs is 1. The average molecular weight is 396 g/mol. The molecule has 0 radical (unpaired) electrons. The second-order valence-corrected chi connectivity index (χ2v) is 7.63. The van der Waals surface area contributed by atoms with Gasteiger partial charge in [-0.2, -0.15) is 4.37 Å². The fraction of sp³-hybridized carbons (Fsp3) is 0.286. The lowest BCUT2D eigenvalue weighted by Crippen LogP contribution is -2.54. The quantitative estimate of drug-likeness (QED) is 0.574. The molecule has 1 unspecified atom stereocenters. The third-order valence-corrected chi connectivity index (χ3v) is 5.70. The summed E-state index contributed by atoms with van der Waals surface area (Å²) in [7, 11) is 0. The van der Waals surface area contributed by atoms with E-state index >= 15 is 0 Å². The zero-order chi connectivity index (χ0) is 19.5. The van der Waals surface area contributed by atoms with Crippen LogP contribution in [0.4, 0.5) is 9.52 Å². The number of aromatic nitrogens is 2. The first kappa shape index (κ1) is 18.7. The Balaban J connectivity index is 0.000000268. The van der Waals surface area contributed by atoms with Gasteiger partial charge < -0.3 is 10.2 Å². The fourth-order valence-corrected chi connectivity index (χ4v) is 3.94. The summed E-state index contributed by atoms with van der Waals surface area (Å²) >= 11 is 1.31. The van der Waals surface area contributed by atoms with Crippen molar-refractivity contribution < 1.29 is 9.18 Å². The van der Waals surface area contributed by atoms with E-state index in [0.717, 1.165) is 23.8 Å². The highest BCUT2D eigenvalue weighted by molar-refractivity contribution is 7.09. The predicted molar refractivity (Wildman–Crippen MR) is 109 cm³/mol. The van der Waals surface area contributed by atoms with Crippen LogP contribution in [-0.2, 0) is 11.2 Å². The smallest absolute Gasteiger partial charge is 0.205 e. The molecule has 2 aromatic rings. The van der Waals surface area contributed by atoms with Crippen molar-refractivity contribution in [3.8, 4) is 11.1 Å². The summed E-state index contributed by atoms with van der Waals surface area (Å²) in [5, 5.41) is 4.00. The van der Waals surface area contributed by atoms with Gasteiger partial charge in [-0.3, -0.25) is 4.79 Å². The number of piperazine rings is 1. The summed E-state index contributed by atoms with van der Waals surface area (Å²) in [5.41, 5.74) is 3.82. The monoisotopic (exact) mass is 396 g/mol. The molecule has 1 atom stereocenters. The predicted octanol–water partition coefficient (Wildman–Crippen LogP) is 3.30. The van der Waals surface area contributed by atoms with Gasteiger partial charge in [-0.05, 0) is 35.7 Å². The van der Waals surface area contributed by atoms with Gasteiger partial charge in [0.25, 0.3) is 0 Å². The van der Waals surface area contributed by atoms with Crippen molar-refractivity contribution >= 4 is 22.4 Å². The van der Waals surface area contributed by atoms with Crippen molar-refractivity contribution in [1.29, 1.82) is 0 Å². The maximum absolute atomic E-state index is 12.9. The van der Waals surface area contributed by atoms with Crippen molar-refractivity contribution in [2.75, 3.05) is 24.5 Å². The highest BCUT2D eigenvalue weighted by atomic mass is 32.1. The van der Waals surface area contributed by atoms with E-state index in [2.05, 4.69) is 38.9 Å². The number of carbonyl (C=O) groups is 1. The molecule has 3 aliphatic rings. The van der Waals surface area contributed by atoms with Gasteiger partial charge in [-0.15, -0.1) is 0 Å². The molecule has 1 saturated heterocycles. The lowest BCUT2D eigenvalue weighted by atomic mass is 9.95. The molecule has 0 amide bonds. The molecule has 1 aromatic heterocycles. The van der Waals surface area contributed by atoms with Crippen LogP contribution in [0.3, 0.4) is 0 Å². The van der Waals surface area contributed by atoms with Crippen molar-refractivity contribution in [3.63, 3.8) is 0 Å². The van der Waals surface area contributed by atoms with Crippen LogP contribution in [0, 0.1) is 5.82 Å². The first-order valence-corrected chi connectivity index (χ1v) is 10.0. The first-order chi connectivity index (χ1) is 13.6. The van der Waals surface area contributed by atoms with Crippen molar-refractivity contribution in [2.45, 2.75) is 19.4 Å². The number of Topliss-reactive ketones (excluding diaryl/α,β-unsaturated/α-hetero) is 1. The van der Waals surface area contributed by atoms with E-state index in [4.69, 9.17) is 0 Å². The summed E-state index contributed by atoms with van der Waals surface area (Å²) in [6.45, 7) is 3.82. The minimum absolute atomic E-state index is 0.127. The number of halogens is 1. The summed E-state index contributed by atoms with van der Waals surface area (Å²) in [5.74, 6) is 0.579. The van der Waals surface area contributed by atoms with Crippen LogP contribution in [0.5, 0.6) is 0 Å². The Morgan fingerprint density at radius 2 is 1.86 bits per heavy atom. The Morgan fingerprint density at radius 3 is 2.43 bits per heavy atom. The van der Waals surface area contributed by atoms with Crippen molar-refractivity contribution in [1.82, 2.24) is 14.7 Å². The number of hydrogen-bond donors (Lipinski definition) is 1. The summed E-state index contributed by atoms with van der Waals surface area (Å²) in [6, 6.07) is 14.6. The largest absolute Gasteiger partial charge is 0.334 e. The van der Waals surface area contributed by atoms with Crippen LogP contribution in [-0.4, -0.2) is 40.8 Å². The van der Waals surface area contributed by atoms with Gasteiger partial charge in [0.15, 0.2) is 5.78 Å². The number of hydrogen-bond acceptors (Lipinski definition) is 6. The number of rotatable bonds is 4. The molecule has 1 fully saturated rings. The second kappa shape index (κ2) is 8.16.